The molecule has 1 saturated heterocycles. The average Bonchev–Trinajstić information content (AvgIpc) is 2.72. The van der Waals surface area contributed by atoms with Gasteiger partial charge in [-0.1, -0.05) is 49.7 Å². The van der Waals surface area contributed by atoms with E-state index in [1.165, 1.54) is 22.0 Å². The number of benzene rings is 2. The van der Waals surface area contributed by atoms with Crippen LogP contribution in [0.2, 0.25) is 5.02 Å². The molecule has 7 heteroatoms. The van der Waals surface area contributed by atoms with Gasteiger partial charge < -0.3 is 5.32 Å². The molecule has 1 aliphatic rings. The maximum absolute atomic E-state index is 12.7. The second-order valence-corrected chi connectivity index (χ2v) is 10.1. The van der Waals surface area contributed by atoms with E-state index in [9.17, 15) is 13.2 Å². The number of piperidine rings is 1. The van der Waals surface area contributed by atoms with Crippen molar-refractivity contribution in [3.63, 3.8) is 0 Å². The Balaban J connectivity index is 1.52. The number of carbonyl (C=O) groups excluding carboxylic acids is 1. The van der Waals surface area contributed by atoms with E-state index in [-0.39, 0.29) is 16.7 Å². The first kappa shape index (κ1) is 21.8. The Morgan fingerprint density at radius 1 is 1.07 bits per heavy atom. The molecule has 2 aromatic rings. The van der Waals surface area contributed by atoms with Crippen LogP contribution in [0.25, 0.3) is 0 Å². The fraction of sp³-hybridized carbons (Fsp3) is 0.409. The summed E-state index contributed by atoms with van der Waals surface area (Å²) in [6.07, 6.45) is 1.04. The van der Waals surface area contributed by atoms with Gasteiger partial charge in [0.15, 0.2) is 0 Å². The quantitative estimate of drug-likeness (QED) is 0.741. The van der Waals surface area contributed by atoms with E-state index in [0.29, 0.717) is 43.4 Å². The SMILES string of the molecule is CC(C)c1ccc(CNC(=O)C2CCN(S(=O)(=O)c3ccc(Cl)cc3)CC2)cc1. The molecule has 2 aromatic carbocycles. The second-order valence-electron chi connectivity index (χ2n) is 7.75. The van der Waals surface area contributed by atoms with E-state index >= 15 is 0 Å². The molecule has 1 N–H and O–H groups in total. The number of rotatable bonds is 6. The molecule has 1 fully saturated rings. The first-order valence-corrected chi connectivity index (χ1v) is 11.7. The molecule has 5 nitrogen and oxygen atoms in total. The summed E-state index contributed by atoms with van der Waals surface area (Å²) in [6, 6.07) is 14.4. The second kappa shape index (κ2) is 9.28. The molecule has 0 atom stereocenters. The van der Waals surface area contributed by atoms with E-state index in [0.717, 1.165) is 5.56 Å². The Morgan fingerprint density at radius 2 is 1.66 bits per heavy atom. The normalized spacial score (nSPS) is 16.1. The molecular formula is C22H27ClN2O3S. The smallest absolute Gasteiger partial charge is 0.243 e. The van der Waals surface area contributed by atoms with Crippen molar-refractivity contribution in [2.75, 3.05) is 13.1 Å². The predicted molar refractivity (Wildman–Crippen MR) is 115 cm³/mol. The van der Waals surface area contributed by atoms with Gasteiger partial charge in [-0.3, -0.25) is 4.79 Å². The molecule has 3 rings (SSSR count). The molecule has 0 saturated carbocycles. The van der Waals surface area contributed by atoms with Crippen molar-refractivity contribution < 1.29 is 13.2 Å². The Morgan fingerprint density at radius 3 is 2.21 bits per heavy atom. The van der Waals surface area contributed by atoms with Gasteiger partial charge in [-0.05, 0) is 54.2 Å². The molecule has 0 aliphatic carbocycles. The zero-order chi connectivity index (χ0) is 21.0. The van der Waals surface area contributed by atoms with Crippen LogP contribution in [-0.4, -0.2) is 31.7 Å². The summed E-state index contributed by atoms with van der Waals surface area (Å²) in [4.78, 5) is 12.7. The van der Waals surface area contributed by atoms with Crippen molar-refractivity contribution in [1.29, 1.82) is 0 Å². The average molecular weight is 435 g/mol. The molecule has 156 valence electrons. The van der Waals surface area contributed by atoms with Crippen molar-refractivity contribution >= 4 is 27.5 Å². The molecule has 29 heavy (non-hydrogen) atoms. The highest BCUT2D eigenvalue weighted by Gasteiger charge is 2.31. The van der Waals surface area contributed by atoms with Gasteiger partial charge in [0.2, 0.25) is 15.9 Å². The molecule has 1 heterocycles. The Kier molecular flexibility index (Phi) is 6.98. The van der Waals surface area contributed by atoms with Crippen LogP contribution in [0, 0.1) is 5.92 Å². The number of amides is 1. The lowest BCUT2D eigenvalue weighted by Crippen LogP contribution is -2.42. The van der Waals surface area contributed by atoms with Gasteiger partial charge in [-0.15, -0.1) is 0 Å². The van der Waals surface area contributed by atoms with E-state index in [4.69, 9.17) is 11.6 Å². The highest BCUT2D eigenvalue weighted by molar-refractivity contribution is 7.89. The minimum Gasteiger partial charge on any atom is -0.352 e. The molecule has 1 amide bonds. The molecule has 0 spiro atoms. The summed E-state index contributed by atoms with van der Waals surface area (Å²) in [6.45, 7) is 5.46. The summed E-state index contributed by atoms with van der Waals surface area (Å²) in [5.74, 6) is 0.302. The third-order valence-electron chi connectivity index (χ3n) is 5.39. The highest BCUT2D eigenvalue weighted by atomic mass is 35.5. The van der Waals surface area contributed by atoms with Gasteiger partial charge in [-0.2, -0.15) is 4.31 Å². The number of hydrogen-bond acceptors (Lipinski definition) is 3. The van der Waals surface area contributed by atoms with E-state index in [1.54, 1.807) is 12.1 Å². The van der Waals surface area contributed by atoms with Crippen LogP contribution in [0.4, 0.5) is 0 Å². The van der Waals surface area contributed by atoms with Crippen LogP contribution in [0.5, 0.6) is 0 Å². The van der Waals surface area contributed by atoms with Crippen molar-refractivity contribution in [3.8, 4) is 0 Å². The van der Waals surface area contributed by atoms with Crippen LogP contribution >= 0.6 is 11.6 Å². The topological polar surface area (TPSA) is 66.5 Å². The number of halogens is 1. The molecule has 1 aliphatic heterocycles. The zero-order valence-corrected chi connectivity index (χ0v) is 18.3. The van der Waals surface area contributed by atoms with Gasteiger partial charge in [-0.25, -0.2) is 8.42 Å². The van der Waals surface area contributed by atoms with Gasteiger partial charge in [0.25, 0.3) is 0 Å². The number of carbonyl (C=O) groups is 1. The number of nitrogens with one attached hydrogen (secondary N) is 1. The van der Waals surface area contributed by atoms with E-state index in [2.05, 4.69) is 31.3 Å². The largest absolute Gasteiger partial charge is 0.352 e. The summed E-state index contributed by atoms with van der Waals surface area (Å²) in [7, 11) is -3.55. The van der Waals surface area contributed by atoms with Crippen molar-refractivity contribution in [2.45, 2.75) is 44.0 Å². The maximum atomic E-state index is 12.7. The Hall–Kier alpha value is -1.89. The predicted octanol–water partition coefficient (Wildman–Crippen LogP) is 4.18. The van der Waals surface area contributed by atoms with E-state index in [1.807, 2.05) is 12.1 Å². The molecular weight excluding hydrogens is 408 g/mol. The van der Waals surface area contributed by atoms with Gasteiger partial charge in [0, 0.05) is 30.6 Å². The fourth-order valence-electron chi connectivity index (χ4n) is 3.47. The number of nitrogens with zero attached hydrogens (tertiary/aromatic N) is 1. The minimum absolute atomic E-state index is 0.0125. The third kappa shape index (κ3) is 5.38. The fourth-order valence-corrected chi connectivity index (χ4v) is 5.06. The molecule has 0 unspecified atom stereocenters. The van der Waals surface area contributed by atoms with E-state index < -0.39 is 10.0 Å². The van der Waals surface area contributed by atoms with Gasteiger partial charge in [0.05, 0.1) is 4.90 Å². The lowest BCUT2D eigenvalue weighted by Gasteiger charge is -2.30. The molecule has 0 bridgehead atoms. The maximum Gasteiger partial charge on any atom is 0.243 e. The third-order valence-corrected chi connectivity index (χ3v) is 7.55. The number of sulfonamides is 1. The van der Waals surface area contributed by atoms with Crippen LogP contribution in [0.3, 0.4) is 0 Å². The van der Waals surface area contributed by atoms with Crippen LogP contribution in [-0.2, 0) is 21.4 Å². The van der Waals surface area contributed by atoms with Crippen molar-refractivity contribution in [3.05, 3.63) is 64.7 Å². The first-order valence-electron chi connectivity index (χ1n) is 9.89. The zero-order valence-electron chi connectivity index (χ0n) is 16.8. The monoisotopic (exact) mass is 434 g/mol. The first-order chi connectivity index (χ1) is 13.8. The Labute approximate surface area is 178 Å². The van der Waals surface area contributed by atoms with Gasteiger partial charge >= 0.3 is 0 Å². The van der Waals surface area contributed by atoms with Crippen LogP contribution in [0.15, 0.2) is 53.4 Å². The van der Waals surface area contributed by atoms with Crippen molar-refractivity contribution in [2.24, 2.45) is 5.92 Å². The van der Waals surface area contributed by atoms with Crippen LogP contribution < -0.4 is 5.32 Å². The summed E-state index contributed by atoms with van der Waals surface area (Å²) in [5, 5.41) is 3.49. The summed E-state index contributed by atoms with van der Waals surface area (Å²) in [5.41, 5.74) is 2.33. The standard InChI is InChI=1S/C22H27ClN2O3S/c1-16(2)18-5-3-17(4-6-18)15-24-22(26)19-11-13-25(14-12-19)29(27,28)21-9-7-20(23)8-10-21/h3-10,16,19H,11-15H2,1-2H3,(H,24,26). The lowest BCUT2D eigenvalue weighted by molar-refractivity contribution is -0.126. The molecule has 0 radical (unpaired) electrons. The summed E-state index contributed by atoms with van der Waals surface area (Å²) < 4.78 is 26.9. The van der Waals surface area contributed by atoms with Crippen molar-refractivity contribution in [1.82, 2.24) is 9.62 Å². The lowest BCUT2D eigenvalue weighted by atomic mass is 9.97. The Bertz CT molecular complexity index is 933. The minimum atomic E-state index is -3.55. The van der Waals surface area contributed by atoms with Crippen LogP contribution in [0.1, 0.15) is 43.7 Å². The number of hydrogen-bond donors (Lipinski definition) is 1. The highest BCUT2D eigenvalue weighted by Crippen LogP contribution is 2.25. The summed E-state index contributed by atoms with van der Waals surface area (Å²) >= 11 is 5.84. The van der Waals surface area contributed by atoms with Gasteiger partial charge in [0.1, 0.15) is 0 Å². The molecule has 0 aromatic heterocycles.